The maximum atomic E-state index is 12.5. The molecule has 1 aliphatic heterocycles. The predicted octanol–water partition coefficient (Wildman–Crippen LogP) is 3.69. The Bertz CT molecular complexity index is 766. The topological polar surface area (TPSA) is 50.8 Å². The largest absolute Gasteiger partial charge is 0.497 e. The molecule has 1 N–H and O–H groups in total. The van der Waals surface area contributed by atoms with Gasteiger partial charge >= 0.3 is 0 Å². The zero-order chi connectivity index (χ0) is 18.6. The molecule has 4 rings (SSSR count). The van der Waals surface area contributed by atoms with E-state index in [0.29, 0.717) is 23.1 Å². The van der Waals surface area contributed by atoms with E-state index in [0.717, 1.165) is 45.3 Å². The number of amides is 1. The van der Waals surface area contributed by atoms with E-state index in [9.17, 15) is 4.79 Å². The van der Waals surface area contributed by atoms with Crippen molar-refractivity contribution in [3.8, 4) is 11.5 Å². The Morgan fingerprint density at radius 2 is 2.04 bits per heavy atom. The first-order chi connectivity index (χ1) is 13.2. The van der Waals surface area contributed by atoms with Gasteiger partial charge in [-0.2, -0.15) is 0 Å². The van der Waals surface area contributed by atoms with Gasteiger partial charge in [0.15, 0.2) is 0 Å². The molecule has 0 bridgehead atoms. The number of carbonyl (C=O) groups excluding carboxylic acids is 1. The number of rotatable bonds is 7. The Hall–Kier alpha value is -2.05. The van der Waals surface area contributed by atoms with Crippen LogP contribution in [0.25, 0.3) is 0 Å². The van der Waals surface area contributed by atoms with E-state index >= 15 is 0 Å². The van der Waals surface area contributed by atoms with Crippen LogP contribution in [0, 0.1) is 0 Å². The Morgan fingerprint density at radius 3 is 2.70 bits per heavy atom. The van der Waals surface area contributed by atoms with Crippen molar-refractivity contribution in [2.24, 2.45) is 0 Å². The predicted molar refractivity (Wildman–Crippen MR) is 107 cm³/mol. The van der Waals surface area contributed by atoms with Crippen LogP contribution in [0.1, 0.15) is 40.9 Å². The first-order valence-electron chi connectivity index (χ1n) is 9.61. The summed E-state index contributed by atoms with van der Waals surface area (Å²) in [6.07, 6.45) is 4.20. The van der Waals surface area contributed by atoms with Gasteiger partial charge in [-0.25, -0.2) is 0 Å². The molecule has 2 heterocycles. The van der Waals surface area contributed by atoms with Crippen molar-refractivity contribution in [1.82, 2.24) is 10.2 Å². The lowest BCUT2D eigenvalue weighted by atomic mass is 10.1. The highest BCUT2D eigenvalue weighted by atomic mass is 32.1. The average Bonchev–Trinajstić information content (AvgIpc) is 3.35. The first kappa shape index (κ1) is 18.3. The summed E-state index contributed by atoms with van der Waals surface area (Å²) in [7, 11) is 1.63. The highest BCUT2D eigenvalue weighted by molar-refractivity contribution is 7.09. The molecule has 1 amide bonds. The number of carbonyl (C=O) groups is 1. The van der Waals surface area contributed by atoms with Crippen molar-refractivity contribution in [3.63, 3.8) is 0 Å². The number of likely N-dealkylation sites (tertiary alicyclic amines) is 1. The first-order valence-corrected chi connectivity index (χ1v) is 10.5. The number of hydrogen-bond acceptors (Lipinski definition) is 5. The molecular weight excluding hydrogens is 360 g/mol. The smallest absolute Gasteiger partial charge is 0.255 e. The third-order valence-electron chi connectivity index (χ3n) is 5.13. The Morgan fingerprint density at radius 1 is 1.22 bits per heavy atom. The summed E-state index contributed by atoms with van der Waals surface area (Å²) in [5, 5.41) is 5.18. The summed E-state index contributed by atoms with van der Waals surface area (Å²) in [5.41, 5.74) is 0.601. The van der Waals surface area contributed by atoms with Gasteiger partial charge in [0, 0.05) is 36.6 Å². The molecule has 1 aromatic heterocycles. The minimum absolute atomic E-state index is 0.0507. The minimum Gasteiger partial charge on any atom is -0.497 e. The molecule has 0 atom stereocenters. The molecule has 6 heteroatoms. The summed E-state index contributed by atoms with van der Waals surface area (Å²) in [5.74, 6) is 1.29. The molecule has 1 saturated heterocycles. The van der Waals surface area contributed by atoms with Gasteiger partial charge in [0.1, 0.15) is 17.6 Å². The van der Waals surface area contributed by atoms with Gasteiger partial charge in [-0.3, -0.25) is 9.69 Å². The van der Waals surface area contributed by atoms with E-state index in [-0.39, 0.29) is 12.0 Å². The lowest BCUT2D eigenvalue weighted by Crippen LogP contribution is -2.38. The number of methoxy groups -OCH3 is 1. The number of benzene rings is 1. The van der Waals surface area contributed by atoms with E-state index in [1.165, 1.54) is 4.88 Å². The Labute approximate surface area is 164 Å². The van der Waals surface area contributed by atoms with Crippen LogP contribution in [0.2, 0.25) is 0 Å². The second-order valence-electron chi connectivity index (χ2n) is 7.28. The van der Waals surface area contributed by atoms with Crippen LogP contribution in [-0.2, 0) is 6.54 Å². The van der Waals surface area contributed by atoms with E-state index in [1.807, 2.05) is 23.5 Å². The van der Waals surface area contributed by atoms with Crippen molar-refractivity contribution >= 4 is 17.2 Å². The van der Waals surface area contributed by atoms with Gasteiger partial charge in [-0.05, 0) is 49.3 Å². The van der Waals surface area contributed by atoms with Crippen molar-refractivity contribution in [2.75, 3.05) is 20.2 Å². The summed E-state index contributed by atoms with van der Waals surface area (Å²) in [4.78, 5) is 16.4. The van der Waals surface area contributed by atoms with Crippen LogP contribution < -0.4 is 14.8 Å². The highest BCUT2D eigenvalue weighted by Gasteiger charge is 2.27. The fraction of sp³-hybridized carbons (Fsp3) is 0.476. The van der Waals surface area contributed by atoms with Gasteiger partial charge in [0.2, 0.25) is 0 Å². The lowest BCUT2D eigenvalue weighted by Gasteiger charge is -2.32. The number of nitrogens with one attached hydrogen (secondary N) is 1. The van der Waals surface area contributed by atoms with Crippen LogP contribution in [0.3, 0.4) is 0 Å². The van der Waals surface area contributed by atoms with Gasteiger partial charge in [0.25, 0.3) is 5.91 Å². The molecule has 5 nitrogen and oxygen atoms in total. The molecule has 0 spiro atoms. The van der Waals surface area contributed by atoms with Crippen LogP contribution in [0.15, 0.2) is 35.7 Å². The quantitative estimate of drug-likeness (QED) is 0.788. The molecule has 0 unspecified atom stereocenters. The maximum Gasteiger partial charge on any atom is 0.255 e. The molecular formula is C21H26N2O3S. The van der Waals surface area contributed by atoms with Gasteiger partial charge in [-0.1, -0.05) is 6.07 Å². The van der Waals surface area contributed by atoms with Gasteiger partial charge in [0.05, 0.1) is 12.7 Å². The molecule has 0 radical (unpaired) electrons. The van der Waals surface area contributed by atoms with Crippen LogP contribution >= 0.6 is 11.3 Å². The Kier molecular flexibility index (Phi) is 5.64. The fourth-order valence-corrected chi connectivity index (χ4v) is 4.14. The second kappa shape index (κ2) is 8.31. The molecule has 27 heavy (non-hydrogen) atoms. The summed E-state index contributed by atoms with van der Waals surface area (Å²) in [6.45, 7) is 3.03. The average molecular weight is 387 g/mol. The third-order valence-corrected chi connectivity index (χ3v) is 5.99. The minimum atomic E-state index is -0.0507. The number of piperidine rings is 1. The van der Waals surface area contributed by atoms with Crippen molar-refractivity contribution in [3.05, 3.63) is 46.2 Å². The normalized spacial score (nSPS) is 18.3. The standard InChI is InChI=1S/C21H26N2O3S/c1-25-17-6-7-19(21(24)22-15-4-5-15)20(13-17)26-16-8-10-23(11-9-16)14-18-3-2-12-27-18/h2-3,6-7,12-13,15-16H,4-5,8-11,14H2,1H3,(H,22,24). The summed E-state index contributed by atoms with van der Waals surface area (Å²) >= 11 is 1.81. The van der Waals surface area contributed by atoms with E-state index < -0.39 is 0 Å². The number of thiophene rings is 1. The van der Waals surface area contributed by atoms with Crippen LogP contribution in [0.4, 0.5) is 0 Å². The SMILES string of the molecule is COc1ccc(C(=O)NC2CC2)c(OC2CCN(Cc3cccs3)CC2)c1. The molecule has 144 valence electrons. The number of ether oxygens (including phenoxy) is 2. The summed E-state index contributed by atoms with van der Waals surface area (Å²) in [6, 6.07) is 10.1. The third kappa shape index (κ3) is 4.82. The summed E-state index contributed by atoms with van der Waals surface area (Å²) < 4.78 is 11.6. The molecule has 2 fully saturated rings. The highest BCUT2D eigenvalue weighted by Crippen LogP contribution is 2.29. The monoisotopic (exact) mass is 386 g/mol. The zero-order valence-corrected chi connectivity index (χ0v) is 16.5. The van der Waals surface area contributed by atoms with Crippen LogP contribution in [0.5, 0.6) is 11.5 Å². The maximum absolute atomic E-state index is 12.5. The Balaban J connectivity index is 1.38. The van der Waals surface area contributed by atoms with Gasteiger partial charge < -0.3 is 14.8 Å². The van der Waals surface area contributed by atoms with Crippen molar-refractivity contribution in [1.29, 1.82) is 0 Å². The lowest BCUT2D eigenvalue weighted by molar-refractivity contribution is 0.0891. The molecule has 1 saturated carbocycles. The van der Waals surface area contributed by atoms with E-state index in [4.69, 9.17) is 9.47 Å². The van der Waals surface area contributed by atoms with Crippen LogP contribution in [-0.4, -0.2) is 43.2 Å². The molecule has 2 aliphatic rings. The second-order valence-corrected chi connectivity index (χ2v) is 8.31. The van der Waals surface area contributed by atoms with E-state index in [2.05, 4.69) is 27.7 Å². The fourth-order valence-electron chi connectivity index (χ4n) is 3.39. The zero-order valence-electron chi connectivity index (χ0n) is 15.6. The molecule has 1 aliphatic carbocycles. The van der Waals surface area contributed by atoms with Crippen molar-refractivity contribution in [2.45, 2.75) is 44.4 Å². The number of hydrogen-bond donors (Lipinski definition) is 1. The van der Waals surface area contributed by atoms with E-state index in [1.54, 1.807) is 13.2 Å². The van der Waals surface area contributed by atoms with Gasteiger partial charge in [-0.15, -0.1) is 11.3 Å². The molecule has 1 aromatic carbocycles. The number of nitrogens with zero attached hydrogens (tertiary/aromatic N) is 1. The molecule has 2 aromatic rings. The van der Waals surface area contributed by atoms with Crippen molar-refractivity contribution < 1.29 is 14.3 Å².